The van der Waals surface area contributed by atoms with Crippen LogP contribution in [-0.4, -0.2) is 25.5 Å². The summed E-state index contributed by atoms with van der Waals surface area (Å²) in [7, 11) is 0. The molecule has 10 heteroatoms. The molecule has 1 N–H and O–H groups in total. The summed E-state index contributed by atoms with van der Waals surface area (Å²) in [6.07, 6.45) is -0.351. The molecule has 0 bridgehead atoms. The molecule has 1 amide bonds. The van der Waals surface area contributed by atoms with Crippen LogP contribution in [0.1, 0.15) is 50.9 Å². The number of hydrogen-bond acceptors (Lipinski definition) is 4. The molecule has 1 aliphatic heterocycles. The highest BCUT2D eigenvalue weighted by atomic mass is 32.2. The lowest BCUT2D eigenvalue weighted by Gasteiger charge is -2.16. The topological polar surface area (TPSA) is 68.9 Å². The van der Waals surface area contributed by atoms with E-state index in [2.05, 4.69) is 10.4 Å². The van der Waals surface area contributed by atoms with Crippen molar-refractivity contribution in [1.82, 2.24) is 14.3 Å². The molecule has 1 unspecified atom stereocenters. The number of thioether (sulfide) groups is 1. The summed E-state index contributed by atoms with van der Waals surface area (Å²) in [6, 6.07) is 3.88. The van der Waals surface area contributed by atoms with Crippen molar-refractivity contribution in [2.24, 2.45) is 0 Å². The lowest BCUT2D eigenvalue weighted by Crippen LogP contribution is -2.30. The molecule has 0 fully saturated rings. The Balaban J connectivity index is 1.79. The highest BCUT2D eigenvalue weighted by Crippen LogP contribution is 2.38. The third-order valence-corrected chi connectivity index (χ3v) is 6.32. The van der Waals surface area contributed by atoms with Crippen molar-refractivity contribution in [3.63, 3.8) is 0 Å². The normalized spacial score (nSPS) is 15.4. The third-order valence-electron chi connectivity index (χ3n) is 5.06. The summed E-state index contributed by atoms with van der Waals surface area (Å²) in [5, 5.41) is 6.68. The zero-order valence-electron chi connectivity index (χ0n) is 17.0. The molecule has 0 aliphatic carbocycles. The quantitative estimate of drug-likeness (QED) is 0.677. The number of aryl methyl sites for hydroxylation is 1. The van der Waals surface area contributed by atoms with Gasteiger partial charge in [-0.1, -0.05) is 20.3 Å². The number of fused-ring (bicyclic) bond motifs is 1. The van der Waals surface area contributed by atoms with Crippen LogP contribution in [0.25, 0.3) is 0 Å². The zero-order valence-corrected chi connectivity index (χ0v) is 17.8. The number of amides is 1. The number of anilines is 1. The van der Waals surface area contributed by atoms with Gasteiger partial charge in [0.05, 0.1) is 11.3 Å². The highest BCUT2D eigenvalue weighted by molar-refractivity contribution is 7.99. The molecular weight excluding hydrogens is 417 g/mol. The van der Waals surface area contributed by atoms with E-state index in [4.69, 9.17) is 0 Å². The predicted octanol–water partition coefficient (Wildman–Crippen LogP) is 4.32. The first-order valence-electron chi connectivity index (χ1n) is 10.0. The lowest BCUT2D eigenvalue weighted by molar-refractivity contribution is -0.137. The van der Waals surface area contributed by atoms with E-state index in [-0.39, 0.29) is 10.9 Å². The fourth-order valence-electron chi connectivity index (χ4n) is 3.31. The van der Waals surface area contributed by atoms with Crippen LogP contribution < -0.4 is 11.0 Å². The molecule has 6 nitrogen and oxygen atoms in total. The smallest absolute Gasteiger partial charge is 0.324 e. The Morgan fingerprint density at radius 1 is 1.30 bits per heavy atom. The van der Waals surface area contributed by atoms with Crippen LogP contribution >= 0.6 is 11.8 Å². The van der Waals surface area contributed by atoms with Gasteiger partial charge < -0.3 is 5.32 Å². The fourth-order valence-corrected chi connectivity index (χ4v) is 4.27. The van der Waals surface area contributed by atoms with E-state index in [1.165, 1.54) is 17.8 Å². The largest absolute Gasteiger partial charge is 0.418 e. The number of carbonyl (C=O) groups is 1. The molecule has 3 rings (SSSR count). The van der Waals surface area contributed by atoms with Crippen LogP contribution in [-0.2, 0) is 30.5 Å². The van der Waals surface area contributed by atoms with Crippen LogP contribution in [0.4, 0.5) is 18.9 Å². The van der Waals surface area contributed by atoms with E-state index in [0.717, 1.165) is 36.4 Å². The van der Waals surface area contributed by atoms with Gasteiger partial charge in [-0.3, -0.25) is 9.36 Å². The summed E-state index contributed by atoms with van der Waals surface area (Å²) >= 11 is 1.35. The second kappa shape index (κ2) is 9.28. The minimum absolute atomic E-state index is 0.176. The average Bonchev–Trinajstić information content (AvgIpc) is 2.84. The molecule has 164 valence electrons. The Bertz CT molecular complexity index is 968. The van der Waals surface area contributed by atoms with Crippen molar-refractivity contribution in [2.45, 2.75) is 75.4 Å². The van der Waals surface area contributed by atoms with Crippen LogP contribution in [0.5, 0.6) is 0 Å². The predicted molar refractivity (Wildman–Crippen MR) is 110 cm³/mol. The van der Waals surface area contributed by atoms with Gasteiger partial charge in [-0.15, -0.1) is 11.8 Å². The van der Waals surface area contributed by atoms with E-state index < -0.39 is 29.9 Å². The first kappa shape index (κ1) is 22.5. The van der Waals surface area contributed by atoms with Crippen LogP contribution in [0, 0.1) is 0 Å². The summed E-state index contributed by atoms with van der Waals surface area (Å²) in [5.74, 6) is -0.106. The number of carbonyl (C=O) groups excluding carboxylic acids is 1. The standard InChI is InChI=1S/C20H25F3N4O2S/c1-3-13(2)30-14-8-9-16(15(11-14)20(21,22)23)24-18(28)12-27-19(29)26-10-6-4-5-7-17(26)25-27/h8-9,11,13H,3-7,10,12H2,1-2H3,(H,24,28). The van der Waals surface area contributed by atoms with Crippen molar-refractivity contribution in [3.8, 4) is 0 Å². The average molecular weight is 443 g/mol. The second-order valence-corrected chi connectivity index (χ2v) is 8.92. The molecule has 2 heterocycles. The van der Waals surface area contributed by atoms with Gasteiger partial charge in [0.1, 0.15) is 12.4 Å². The molecule has 1 aromatic carbocycles. The highest BCUT2D eigenvalue weighted by Gasteiger charge is 2.34. The number of aromatic nitrogens is 3. The summed E-state index contributed by atoms with van der Waals surface area (Å²) < 4.78 is 43.2. The first-order chi connectivity index (χ1) is 14.2. The fraction of sp³-hybridized carbons (Fsp3) is 0.550. The first-order valence-corrected chi connectivity index (χ1v) is 10.9. The molecule has 1 aliphatic rings. The molecule has 1 aromatic heterocycles. The van der Waals surface area contributed by atoms with Gasteiger partial charge in [-0.2, -0.15) is 18.3 Å². The Morgan fingerprint density at radius 2 is 2.07 bits per heavy atom. The third kappa shape index (κ3) is 5.27. The summed E-state index contributed by atoms with van der Waals surface area (Å²) in [4.78, 5) is 25.4. The second-order valence-electron chi connectivity index (χ2n) is 7.41. The number of rotatable bonds is 6. The summed E-state index contributed by atoms with van der Waals surface area (Å²) in [5.41, 5.74) is -1.63. The number of hydrogen-bond donors (Lipinski definition) is 1. The van der Waals surface area contributed by atoms with Gasteiger partial charge in [0, 0.05) is 23.1 Å². The van der Waals surface area contributed by atoms with Crippen molar-refractivity contribution < 1.29 is 18.0 Å². The zero-order chi connectivity index (χ0) is 21.9. The maximum atomic E-state index is 13.6. The number of nitrogens with zero attached hydrogens (tertiary/aromatic N) is 3. The summed E-state index contributed by atoms with van der Waals surface area (Å²) in [6.45, 7) is 4.02. The molecule has 0 saturated carbocycles. The molecule has 0 radical (unpaired) electrons. The Labute approximate surface area is 176 Å². The number of nitrogens with one attached hydrogen (secondary N) is 1. The molecule has 0 spiro atoms. The van der Waals surface area contributed by atoms with Crippen molar-refractivity contribution in [2.75, 3.05) is 5.32 Å². The lowest BCUT2D eigenvalue weighted by atomic mass is 10.1. The van der Waals surface area contributed by atoms with E-state index in [9.17, 15) is 22.8 Å². The number of alkyl halides is 3. The molecule has 2 aromatic rings. The maximum absolute atomic E-state index is 13.6. The minimum Gasteiger partial charge on any atom is -0.324 e. The van der Waals surface area contributed by atoms with E-state index in [0.29, 0.717) is 23.7 Å². The molecule has 1 atom stereocenters. The van der Waals surface area contributed by atoms with Gasteiger partial charge in [0.15, 0.2) is 0 Å². The number of halogens is 3. The Hall–Kier alpha value is -2.23. The van der Waals surface area contributed by atoms with Gasteiger partial charge in [-0.25, -0.2) is 9.48 Å². The van der Waals surface area contributed by atoms with Crippen LogP contribution in [0.3, 0.4) is 0 Å². The van der Waals surface area contributed by atoms with Gasteiger partial charge in [0.2, 0.25) is 5.91 Å². The molecule has 30 heavy (non-hydrogen) atoms. The van der Waals surface area contributed by atoms with E-state index in [1.807, 2.05) is 13.8 Å². The van der Waals surface area contributed by atoms with Crippen LogP contribution in [0.2, 0.25) is 0 Å². The number of benzene rings is 1. The molecule has 0 saturated heterocycles. The molecular formula is C20H25F3N4O2S. The van der Waals surface area contributed by atoms with Crippen molar-refractivity contribution in [1.29, 1.82) is 0 Å². The Kier molecular flexibility index (Phi) is 6.95. The van der Waals surface area contributed by atoms with E-state index >= 15 is 0 Å². The maximum Gasteiger partial charge on any atom is 0.418 e. The van der Waals surface area contributed by atoms with Gasteiger partial charge in [-0.05, 0) is 37.5 Å². The van der Waals surface area contributed by atoms with Gasteiger partial charge >= 0.3 is 11.9 Å². The van der Waals surface area contributed by atoms with E-state index in [1.54, 1.807) is 10.6 Å². The minimum atomic E-state index is -4.61. The van der Waals surface area contributed by atoms with Crippen molar-refractivity contribution >= 4 is 23.4 Å². The van der Waals surface area contributed by atoms with Gasteiger partial charge in [0.25, 0.3) is 0 Å². The van der Waals surface area contributed by atoms with Crippen molar-refractivity contribution in [3.05, 3.63) is 40.1 Å². The monoisotopic (exact) mass is 442 g/mol. The Morgan fingerprint density at radius 3 is 2.77 bits per heavy atom. The van der Waals surface area contributed by atoms with Crippen LogP contribution in [0.15, 0.2) is 27.9 Å². The SMILES string of the molecule is CCC(C)Sc1ccc(NC(=O)Cn2nc3n(c2=O)CCCCC3)c(C(F)(F)F)c1.